The van der Waals surface area contributed by atoms with E-state index in [1.54, 1.807) is 0 Å². The monoisotopic (exact) mass is 198 g/mol. The second-order valence-corrected chi connectivity index (χ2v) is 4.52. The predicted octanol–water partition coefficient (Wildman–Crippen LogP) is 2.20. The number of rotatable bonds is 2. The van der Waals surface area contributed by atoms with Crippen LogP contribution in [0.4, 0.5) is 0 Å². The van der Waals surface area contributed by atoms with Gasteiger partial charge in [-0.25, -0.2) is 0 Å². The fourth-order valence-electron chi connectivity index (χ4n) is 2.87. The van der Waals surface area contributed by atoms with Crippen LogP contribution in [0, 0.1) is 5.41 Å². The Morgan fingerprint density at radius 1 is 1.21 bits per heavy atom. The first kappa shape index (κ1) is 9.97. The van der Waals surface area contributed by atoms with Gasteiger partial charge in [0.05, 0.1) is 11.5 Å². The highest BCUT2D eigenvalue weighted by Gasteiger charge is 2.48. The van der Waals surface area contributed by atoms with Crippen molar-refractivity contribution >= 4 is 5.97 Å². The zero-order valence-electron chi connectivity index (χ0n) is 8.50. The van der Waals surface area contributed by atoms with Gasteiger partial charge in [0.1, 0.15) is 0 Å². The van der Waals surface area contributed by atoms with Crippen LogP contribution in [0.25, 0.3) is 0 Å². The van der Waals surface area contributed by atoms with Gasteiger partial charge in [-0.05, 0) is 25.7 Å². The van der Waals surface area contributed by atoms with Crippen molar-refractivity contribution in [3.8, 4) is 0 Å². The molecule has 0 bridgehead atoms. The maximum absolute atomic E-state index is 11.4. The maximum atomic E-state index is 11.4. The summed E-state index contributed by atoms with van der Waals surface area (Å²) < 4.78 is 5.58. The normalized spacial score (nSPS) is 31.6. The van der Waals surface area contributed by atoms with E-state index in [0.717, 1.165) is 45.1 Å². The third-order valence-electron chi connectivity index (χ3n) is 3.72. The van der Waals surface area contributed by atoms with Crippen LogP contribution < -0.4 is 0 Å². The molecule has 0 aromatic heterocycles. The number of ether oxygens (including phenoxy) is 1. The van der Waals surface area contributed by atoms with Gasteiger partial charge in [-0.3, -0.25) is 4.79 Å². The topological polar surface area (TPSA) is 46.5 Å². The van der Waals surface area contributed by atoms with E-state index in [1.807, 2.05) is 0 Å². The smallest absolute Gasteiger partial charge is 0.312 e. The Kier molecular flexibility index (Phi) is 2.77. The van der Waals surface area contributed by atoms with Crippen LogP contribution in [-0.4, -0.2) is 23.8 Å². The molecule has 0 aromatic rings. The maximum Gasteiger partial charge on any atom is 0.312 e. The number of aliphatic carboxylic acids is 1. The standard InChI is InChI=1S/C11H18O3/c12-10(13)11(6-2-1-3-7-11)9-5-4-8-14-9/h9H,1-8H2,(H,12,13). The fourth-order valence-corrected chi connectivity index (χ4v) is 2.87. The summed E-state index contributed by atoms with van der Waals surface area (Å²) in [5.74, 6) is -0.635. The Balaban J connectivity index is 2.15. The summed E-state index contributed by atoms with van der Waals surface area (Å²) in [6.07, 6.45) is 6.85. The van der Waals surface area contributed by atoms with E-state index in [0.29, 0.717) is 0 Å². The van der Waals surface area contributed by atoms with Crippen LogP contribution in [-0.2, 0) is 9.53 Å². The summed E-state index contributed by atoms with van der Waals surface area (Å²) in [4.78, 5) is 11.4. The minimum Gasteiger partial charge on any atom is -0.481 e. The largest absolute Gasteiger partial charge is 0.481 e. The van der Waals surface area contributed by atoms with E-state index < -0.39 is 11.4 Å². The van der Waals surface area contributed by atoms with Crippen molar-refractivity contribution < 1.29 is 14.6 Å². The van der Waals surface area contributed by atoms with Gasteiger partial charge in [0, 0.05) is 6.61 Å². The van der Waals surface area contributed by atoms with Crippen LogP contribution in [0.15, 0.2) is 0 Å². The van der Waals surface area contributed by atoms with E-state index >= 15 is 0 Å². The van der Waals surface area contributed by atoms with E-state index in [2.05, 4.69) is 0 Å². The molecule has 1 heterocycles. The van der Waals surface area contributed by atoms with Gasteiger partial charge >= 0.3 is 5.97 Å². The van der Waals surface area contributed by atoms with Gasteiger partial charge in [0.2, 0.25) is 0 Å². The second-order valence-electron chi connectivity index (χ2n) is 4.52. The molecule has 3 nitrogen and oxygen atoms in total. The molecule has 2 rings (SSSR count). The van der Waals surface area contributed by atoms with Crippen molar-refractivity contribution in [2.75, 3.05) is 6.61 Å². The molecule has 1 atom stereocenters. The molecule has 1 unspecified atom stereocenters. The van der Waals surface area contributed by atoms with Gasteiger partial charge < -0.3 is 9.84 Å². The molecule has 0 aromatic carbocycles. The Bertz CT molecular complexity index is 213. The minimum atomic E-state index is -0.635. The molecule has 1 aliphatic heterocycles. The van der Waals surface area contributed by atoms with E-state index in [4.69, 9.17) is 4.74 Å². The van der Waals surface area contributed by atoms with Crippen molar-refractivity contribution in [1.82, 2.24) is 0 Å². The second kappa shape index (κ2) is 3.89. The number of carboxylic acid groups (broad SMARTS) is 1. The average Bonchev–Trinajstić information content (AvgIpc) is 2.72. The van der Waals surface area contributed by atoms with Gasteiger partial charge in [-0.2, -0.15) is 0 Å². The van der Waals surface area contributed by atoms with Crippen molar-refractivity contribution in [1.29, 1.82) is 0 Å². The lowest BCUT2D eigenvalue weighted by molar-refractivity contribution is -0.160. The van der Waals surface area contributed by atoms with Gasteiger partial charge in [-0.1, -0.05) is 19.3 Å². The predicted molar refractivity (Wildman–Crippen MR) is 52.1 cm³/mol. The van der Waals surface area contributed by atoms with E-state index in [9.17, 15) is 9.90 Å². The quantitative estimate of drug-likeness (QED) is 0.740. The van der Waals surface area contributed by atoms with Crippen LogP contribution in [0.3, 0.4) is 0 Å². The van der Waals surface area contributed by atoms with Crippen molar-refractivity contribution in [2.24, 2.45) is 5.41 Å². The first-order valence-corrected chi connectivity index (χ1v) is 5.61. The average molecular weight is 198 g/mol. The third kappa shape index (κ3) is 1.54. The first-order valence-electron chi connectivity index (χ1n) is 5.61. The Hall–Kier alpha value is -0.570. The SMILES string of the molecule is O=C(O)C1(C2CCCO2)CCCCC1. The van der Waals surface area contributed by atoms with Gasteiger partial charge in [0.25, 0.3) is 0 Å². The third-order valence-corrected chi connectivity index (χ3v) is 3.72. The lowest BCUT2D eigenvalue weighted by atomic mass is 9.69. The molecular formula is C11H18O3. The van der Waals surface area contributed by atoms with Crippen LogP contribution in [0.5, 0.6) is 0 Å². The zero-order valence-corrected chi connectivity index (χ0v) is 8.50. The number of hydrogen-bond donors (Lipinski definition) is 1. The van der Waals surface area contributed by atoms with Crippen molar-refractivity contribution in [3.05, 3.63) is 0 Å². The first-order chi connectivity index (χ1) is 6.76. The molecule has 0 radical (unpaired) electrons. The molecule has 2 fully saturated rings. The van der Waals surface area contributed by atoms with E-state index in [1.165, 1.54) is 6.42 Å². The van der Waals surface area contributed by atoms with Crippen LogP contribution in [0.2, 0.25) is 0 Å². The Labute approximate surface area is 84.4 Å². The number of carbonyl (C=O) groups is 1. The molecule has 2 aliphatic rings. The lowest BCUT2D eigenvalue weighted by Crippen LogP contribution is -2.43. The van der Waals surface area contributed by atoms with Crippen LogP contribution >= 0.6 is 0 Å². The summed E-state index contributed by atoms with van der Waals surface area (Å²) in [5.41, 5.74) is -0.547. The summed E-state index contributed by atoms with van der Waals surface area (Å²) in [5, 5.41) is 9.37. The molecule has 1 saturated heterocycles. The summed E-state index contributed by atoms with van der Waals surface area (Å²) in [7, 11) is 0. The molecule has 14 heavy (non-hydrogen) atoms. The molecule has 3 heteroatoms. The highest BCUT2D eigenvalue weighted by atomic mass is 16.5. The molecule has 80 valence electrons. The van der Waals surface area contributed by atoms with E-state index in [-0.39, 0.29) is 6.10 Å². The summed E-state index contributed by atoms with van der Waals surface area (Å²) >= 11 is 0. The zero-order chi connectivity index (χ0) is 10.0. The van der Waals surface area contributed by atoms with Gasteiger partial charge in [-0.15, -0.1) is 0 Å². The number of carboxylic acids is 1. The summed E-state index contributed by atoms with van der Waals surface area (Å²) in [6.45, 7) is 0.750. The molecule has 1 aliphatic carbocycles. The highest BCUT2D eigenvalue weighted by molar-refractivity contribution is 5.75. The summed E-state index contributed by atoms with van der Waals surface area (Å²) in [6, 6.07) is 0. The molecule has 0 amide bonds. The van der Waals surface area contributed by atoms with Crippen molar-refractivity contribution in [3.63, 3.8) is 0 Å². The molecular weight excluding hydrogens is 180 g/mol. The molecule has 1 N–H and O–H groups in total. The fraction of sp³-hybridized carbons (Fsp3) is 0.909. The number of hydrogen-bond acceptors (Lipinski definition) is 2. The van der Waals surface area contributed by atoms with Gasteiger partial charge in [0.15, 0.2) is 0 Å². The minimum absolute atomic E-state index is 0.0136. The van der Waals surface area contributed by atoms with Crippen LogP contribution in [0.1, 0.15) is 44.9 Å². The Morgan fingerprint density at radius 3 is 2.43 bits per heavy atom. The molecule has 1 saturated carbocycles. The Morgan fingerprint density at radius 2 is 1.93 bits per heavy atom. The lowest BCUT2D eigenvalue weighted by Gasteiger charge is -2.37. The highest BCUT2D eigenvalue weighted by Crippen LogP contribution is 2.44. The molecule has 0 spiro atoms. The van der Waals surface area contributed by atoms with Crippen molar-refractivity contribution in [2.45, 2.75) is 51.0 Å².